The maximum Gasteiger partial charge on any atom is 0.230 e. The molecular weight excluding hydrogens is 334 g/mol. The first-order chi connectivity index (χ1) is 11.8. The van der Waals surface area contributed by atoms with E-state index < -0.39 is 0 Å². The normalized spacial score (nSPS) is 17.2. The predicted octanol–water partition coefficient (Wildman–Crippen LogP) is 3.63. The van der Waals surface area contributed by atoms with Gasteiger partial charge in [0, 0.05) is 16.2 Å². The number of aromatic nitrogens is 2. The summed E-state index contributed by atoms with van der Waals surface area (Å²) in [6.45, 7) is 6.45. The summed E-state index contributed by atoms with van der Waals surface area (Å²) in [6, 6.07) is 6.95. The Hall–Kier alpha value is -1.95. The molecule has 5 nitrogen and oxygen atoms in total. The van der Waals surface area contributed by atoms with Crippen LogP contribution in [-0.2, 0) is 16.8 Å². The predicted molar refractivity (Wildman–Crippen MR) is 99.9 cm³/mol. The quantitative estimate of drug-likeness (QED) is 0.818. The van der Waals surface area contributed by atoms with Crippen molar-refractivity contribution in [2.24, 2.45) is 0 Å². The minimum atomic E-state index is -0.0474. The summed E-state index contributed by atoms with van der Waals surface area (Å²) in [5.74, 6) is 0.628. The molecule has 1 aliphatic carbocycles. The van der Waals surface area contributed by atoms with Crippen molar-refractivity contribution in [3.63, 3.8) is 0 Å². The van der Waals surface area contributed by atoms with Crippen LogP contribution in [0.2, 0.25) is 0 Å². The third-order valence-corrected chi connectivity index (χ3v) is 5.37. The average molecular weight is 359 g/mol. The number of hydrogen-bond acceptors (Lipinski definition) is 4. The zero-order chi connectivity index (χ0) is 18.0. The van der Waals surface area contributed by atoms with E-state index in [-0.39, 0.29) is 23.2 Å². The molecule has 25 heavy (non-hydrogen) atoms. The van der Waals surface area contributed by atoms with Gasteiger partial charge in [-0.05, 0) is 64.3 Å². The van der Waals surface area contributed by atoms with E-state index in [2.05, 4.69) is 35.9 Å². The van der Waals surface area contributed by atoms with E-state index in [4.69, 9.17) is 0 Å². The number of phenolic OH excluding ortho intramolecular Hbond substituents is 1. The summed E-state index contributed by atoms with van der Waals surface area (Å²) in [5, 5.41) is 17.0. The molecule has 0 unspecified atom stereocenters. The van der Waals surface area contributed by atoms with E-state index in [0.717, 1.165) is 29.7 Å². The molecule has 134 valence electrons. The Labute approximate surface area is 152 Å². The molecule has 2 N–H and O–H groups in total. The summed E-state index contributed by atoms with van der Waals surface area (Å²) in [6.07, 6.45) is 4.95. The number of carbonyl (C=O) groups excluding carboxylic acids is 1. The summed E-state index contributed by atoms with van der Waals surface area (Å²) < 4.78 is 2.09. The number of phenols is 1. The van der Waals surface area contributed by atoms with Gasteiger partial charge in [-0.2, -0.15) is 5.10 Å². The Morgan fingerprint density at radius 2 is 2.08 bits per heavy atom. The number of aromatic hydroxyl groups is 1. The number of amides is 1. The largest absolute Gasteiger partial charge is 0.508 e. The fourth-order valence-corrected chi connectivity index (χ4v) is 3.92. The molecule has 0 bridgehead atoms. The number of nitrogens with one attached hydrogen (secondary N) is 1. The smallest absolute Gasteiger partial charge is 0.230 e. The lowest BCUT2D eigenvalue weighted by molar-refractivity contribution is -0.119. The van der Waals surface area contributed by atoms with Gasteiger partial charge in [0.25, 0.3) is 0 Å². The first kappa shape index (κ1) is 17.9. The van der Waals surface area contributed by atoms with Gasteiger partial charge in [0.15, 0.2) is 0 Å². The van der Waals surface area contributed by atoms with E-state index >= 15 is 0 Å². The molecule has 0 saturated carbocycles. The minimum absolute atomic E-state index is 0.0273. The zero-order valence-electron chi connectivity index (χ0n) is 15.0. The molecule has 0 fully saturated rings. The second-order valence-corrected chi connectivity index (χ2v) is 8.47. The van der Waals surface area contributed by atoms with Crippen LogP contribution in [0.3, 0.4) is 0 Å². The lowest BCUT2D eigenvalue weighted by atomic mass is 9.92. The standard InChI is InChI=1S/C19H25N3O2S/c1-19(2,3)22-17-6-4-5-16(15(17)11-20-22)21-18(24)12-25-14-9-7-13(23)8-10-14/h7-11,16,23H,4-6,12H2,1-3H3,(H,21,24)/t16-/m1/s1. The number of thioether (sulfide) groups is 1. The Bertz CT molecular complexity index is 747. The molecule has 0 spiro atoms. The average Bonchev–Trinajstić information content (AvgIpc) is 3.00. The summed E-state index contributed by atoms with van der Waals surface area (Å²) in [4.78, 5) is 13.3. The van der Waals surface area contributed by atoms with Gasteiger partial charge in [0.05, 0.1) is 23.5 Å². The highest BCUT2D eigenvalue weighted by molar-refractivity contribution is 8.00. The van der Waals surface area contributed by atoms with Crippen LogP contribution >= 0.6 is 11.8 Å². The minimum Gasteiger partial charge on any atom is -0.508 e. The van der Waals surface area contributed by atoms with Crippen molar-refractivity contribution in [2.45, 2.75) is 56.5 Å². The van der Waals surface area contributed by atoms with Gasteiger partial charge in [0.1, 0.15) is 5.75 Å². The van der Waals surface area contributed by atoms with Crippen molar-refractivity contribution >= 4 is 17.7 Å². The molecule has 1 aromatic heterocycles. The van der Waals surface area contributed by atoms with Gasteiger partial charge in [-0.25, -0.2) is 0 Å². The second kappa shape index (κ2) is 7.12. The Kier molecular flexibility index (Phi) is 5.08. The summed E-state index contributed by atoms with van der Waals surface area (Å²) in [7, 11) is 0. The van der Waals surface area contributed by atoms with Gasteiger partial charge >= 0.3 is 0 Å². The first-order valence-electron chi connectivity index (χ1n) is 8.63. The molecule has 0 aliphatic heterocycles. The molecule has 1 aliphatic rings. The van der Waals surface area contributed by atoms with Crippen LogP contribution in [0.15, 0.2) is 35.4 Å². The highest BCUT2D eigenvalue weighted by Crippen LogP contribution is 2.32. The van der Waals surface area contributed by atoms with Crippen LogP contribution in [0, 0.1) is 0 Å². The van der Waals surface area contributed by atoms with E-state index in [1.54, 1.807) is 12.1 Å². The fraction of sp³-hybridized carbons (Fsp3) is 0.474. The third-order valence-electron chi connectivity index (χ3n) is 4.36. The van der Waals surface area contributed by atoms with E-state index in [9.17, 15) is 9.90 Å². The molecular formula is C19H25N3O2S. The first-order valence-corrected chi connectivity index (χ1v) is 9.61. The van der Waals surface area contributed by atoms with Crippen molar-refractivity contribution in [1.82, 2.24) is 15.1 Å². The molecule has 1 heterocycles. The maximum atomic E-state index is 12.4. The van der Waals surface area contributed by atoms with Crippen LogP contribution in [0.4, 0.5) is 0 Å². The molecule has 2 aromatic rings. The van der Waals surface area contributed by atoms with E-state index in [1.807, 2.05) is 18.3 Å². The van der Waals surface area contributed by atoms with Crippen LogP contribution in [-0.4, -0.2) is 26.5 Å². The molecule has 1 atom stereocenters. The Balaban J connectivity index is 1.63. The number of nitrogens with zero attached hydrogens (tertiary/aromatic N) is 2. The molecule has 1 aromatic carbocycles. The zero-order valence-corrected chi connectivity index (χ0v) is 15.8. The molecule has 0 radical (unpaired) electrons. The number of benzene rings is 1. The number of carbonyl (C=O) groups is 1. The SMILES string of the molecule is CC(C)(C)n1ncc2c1CCC[C@H]2NC(=O)CSc1ccc(O)cc1. The van der Waals surface area contributed by atoms with Crippen LogP contribution in [0.25, 0.3) is 0 Å². The van der Waals surface area contributed by atoms with Gasteiger partial charge < -0.3 is 10.4 Å². The van der Waals surface area contributed by atoms with Crippen molar-refractivity contribution in [1.29, 1.82) is 0 Å². The number of fused-ring (bicyclic) bond motifs is 1. The fourth-order valence-electron chi connectivity index (χ4n) is 3.21. The van der Waals surface area contributed by atoms with E-state index in [1.165, 1.54) is 17.5 Å². The Morgan fingerprint density at radius 3 is 2.76 bits per heavy atom. The molecule has 3 rings (SSSR count). The molecule has 1 amide bonds. The lowest BCUT2D eigenvalue weighted by Crippen LogP contribution is -2.33. The lowest BCUT2D eigenvalue weighted by Gasteiger charge is -2.28. The van der Waals surface area contributed by atoms with Gasteiger partial charge in [0.2, 0.25) is 5.91 Å². The Morgan fingerprint density at radius 1 is 1.36 bits per heavy atom. The number of rotatable bonds is 4. The summed E-state index contributed by atoms with van der Waals surface area (Å²) in [5.41, 5.74) is 2.35. The van der Waals surface area contributed by atoms with Crippen LogP contribution < -0.4 is 5.32 Å². The summed E-state index contributed by atoms with van der Waals surface area (Å²) >= 11 is 1.47. The van der Waals surface area contributed by atoms with Crippen molar-refractivity contribution < 1.29 is 9.90 Å². The monoisotopic (exact) mass is 359 g/mol. The van der Waals surface area contributed by atoms with Crippen LogP contribution in [0.5, 0.6) is 5.75 Å². The van der Waals surface area contributed by atoms with E-state index in [0.29, 0.717) is 5.75 Å². The third kappa shape index (κ3) is 4.18. The topological polar surface area (TPSA) is 67.2 Å². The van der Waals surface area contributed by atoms with Crippen molar-refractivity contribution in [3.05, 3.63) is 41.7 Å². The number of hydrogen-bond donors (Lipinski definition) is 2. The molecule has 6 heteroatoms. The van der Waals surface area contributed by atoms with Gasteiger partial charge in [-0.15, -0.1) is 11.8 Å². The second-order valence-electron chi connectivity index (χ2n) is 7.42. The highest BCUT2D eigenvalue weighted by atomic mass is 32.2. The maximum absolute atomic E-state index is 12.4. The van der Waals surface area contributed by atoms with Crippen molar-refractivity contribution in [2.75, 3.05) is 5.75 Å². The van der Waals surface area contributed by atoms with Gasteiger partial charge in [-0.1, -0.05) is 0 Å². The van der Waals surface area contributed by atoms with Crippen molar-refractivity contribution in [3.8, 4) is 5.75 Å². The molecule has 0 saturated heterocycles. The van der Waals surface area contributed by atoms with Crippen LogP contribution in [0.1, 0.15) is 50.9 Å². The highest BCUT2D eigenvalue weighted by Gasteiger charge is 2.28. The van der Waals surface area contributed by atoms with Gasteiger partial charge in [-0.3, -0.25) is 9.48 Å².